The highest BCUT2D eigenvalue weighted by Gasteiger charge is 1.97. The molecule has 0 amide bonds. The monoisotopic (exact) mass is 115 g/mol. The number of ether oxygens (including phenoxy) is 1. The summed E-state index contributed by atoms with van der Waals surface area (Å²) < 4.78 is 8.92. The third-order valence-corrected chi connectivity index (χ3v) is 0.598. The quantitative estimate of drug-likeness (QED) is 0.542. The van der Waals surface area contributed by atoms with Crippen molar-refractivity contribution in [2.75, 3.05) is 12.8 Å². The summed E-state index contributed by atoms with van der Waals surface area (Å²) in [5.41, 5.74) is 5.06. The second kappa shape index (κ2) is 1.69. The molecule has 0 aliphatic rings. The molecule has 44 valence electrons. The lowest BCUT2D eigenvalue weighted by Gasteiger charge is -1.81. The Hall–Kier alpha value is -1.26. The molecule has 1 heterocycles. The van der Waals surface area contributed by atoms with Crippen LogP contribution in [0.1, 0.15) is 0 Å². The molecule has 1 rings (SSSR count). The topological polar surface area (TPSA) is 74.2 Å². The van der Waals surface area contributed by atoms with Gasteiger partial charge in [-0.05, 0) is 5.16 Å². The second-order valence-corrected chi connectivity index (χ2v) is 1.12. The molecule has 0 bridgehead atoms. The van der Waals surface area contributed by atoms with E-state index in [0.717, 1.165) is 0 Å². The van der Waals surface area contributed by atoms with Crippen molar-refractivity contribution >= 4 is 5.95 Å². The largest absolute Gasteiger partial charge is 0.452 e. The maximum Gasteiger partial charge on any atom is 0.418 e. The lowest BCUT2D eigenvalue weighted by molar-refractivity contribution is 0.251. The molecule has 2 N–H and O–H groups in total. The van der Waals surface area contributed by atoms with E-state index >= 15 is 0 Å². The van der Waals surface area contributed by atoms with Crippen LogP contribution in [-0.2, 0) is 0 Å². The fourth-order valence-electron chi connectivity index (χ4n) is 0.303. The van der Waals surface area contributed by atoms with Gasteiger partial charge in [0.25, 0.3) is 5.95 Å². The van der Waals surface area contributed by atoms with E-state index < -0.39 is 0 Å². The molecular weight excluding hydrogens is 110 g/mol. The van der Waals surface area contributed by atoms with Crippen molar-refractivity contribution in [2.45, 2.75) is 0 Å². The van der Waals surface area contributed by atoms with Gasteiger partial charge in [0.15, 0.2) is 0 Å². The molecule has 8 heavy (non-hydrogen) atoms. The number of hydrogen-bond donors (Lipinski definition) is 1. The van der Waals surface area contributed by atoms with Gasteiger partial charge in [-0.15, -0.1) is 4.98 Å². The number of nitrogens with zero attached hydrogens (tertiary/aromatic N) is 2. The van der Waals surface area contributed by atoms with Crippen LogP contribution in [0.5, 0.6) is 6.08 Å². The molecule has 0 aliphatic carbocycles. The number of anilines is 1. The summed E-state index contributed by atoms with van der Waals surface area (Å²) in [7, 11) is 1.42. The van der Waals surface area contributed by atoms with Crippen molar-refractivity contribution in [1.29, 1.82) is 0 Å². The summed E-state index contributed by atoms with van der Waals surface area (Å²) in [4.78, 5) is 3.51. The summed E-state index contributed by atoms with van der Waals surface area (Å²) in [6, 6.07) is 0. The molecule has 0 aliphatic heterocycles. The Labute approximate surface area is 45.4 Å². The summed E-state index contributed by atoms with van der Waals surface area (Å²) in [6.07, 6.45) is 0.0856. The fourth-order valence-corrected chi connectivity index (χ4v) is 0.303. The predicted octanol–water partition coefficient (Wildman–Crippen LogP) is -0.340. The average Bonchev–Trinajstić information content (AvgIpc) is 2.14. The molecule has 1 aromatic heterocycles. The zero-order valence-corrected chi connectivity index (χ0v) is 4.29. The molecule has 0 saturated carbocycles. The van der Waals surface area contributed by atoms with Crippen LogP contribution in [0.25, 0.3) is 0 Å². The van der Waals surface area contributed by atoms with Crippen LogP contribution in [0.4, 0.5) is 5.95 Å². The second-order valence-electron chi connectivity index (χ2n) is 1.12. The molecule has 0 atom stereocenters. The van der Waals surface area contributed by atoms with Gasteiger partial charge in [-0.1, -0.05) is 0 Å². The zero-order chi connectivity index (χ0) is 5.98. The van der Waals surface area contributed by atoms with E-state index in [0.29, 0.717) is 0 Å². The minimum Gasteiger partial charge on any atom is -0.452 e. The summed E-state index contributed by atoms with van der Waals surface area (Å²) in [5, 5.41) is 3.25. The Bertz CT molecular complexity index is 173. The number of hydrogen-bond acceptors (Lipinski definition) is 5. The van der Waals surface area contributed by atoms with Crippen LogP contribution in [0.15, 0.2) is 4.52 Å². The van der Waals surface area contributed by atoms with Gasteiger partial charge in [-0.25, -0.2) is 0 Å². The van der Waals surface area contributed by atoms with Crippen molar-refractivity contribution in [2.24, 2.45) is 0 Å². The molecule has 5 heteroatoms. The molecule has 0 saturated heterocycles. The third-order valence-electron chi connectivity index (χ3n) is 0.598. The molecule has 0 radical (unpaired) electrons. The molecule has 0 fully saturated rings. The highest BCUT2D eigenvalue weighted by atomic mass is 16.6. The van der Waals surface area contributed by atoms with E-state index in [1.165, 1.54) is 7.11 Å². The minimum absolute atomic E-state index is 0.0850. The van der Waals surface area contributed by atoms with Gasteiger partial charge in [-0.2, -0.15) is 0 Å². The number of methoxy groups -OCH3 is 1. The molecule has 0 aromatic carbocycles. The zero-order valence-electron chi connectivity index (χ0n) is 4.29. The Morgan fingerprint density at radius 3 is 2.75 bits per heavy atom. The van der Waals surface area contributed by atoms with Crippen molar-refractivity contribution in [3.8, 4) is 6.08 Å². The molecule has 0 spiro atoms. The van der Waals surface area contributed by atoms with Crippen LogP contribution >= 0.6 is 0 Å². The Balaban J connectivity index is 2.84. The smallest absolute Gasteiger partial charge is 0.418 e. The summed E-state index contributed by atoms with van der Waals surface area (Å²) in [5.74, 6) is 0.0850. The van der Waals surface area contributed by atoms with Gasteiger partial charge >= 0.3 is 6.08 Å². The van der Waals surface area contributed by atoms with E-state index in [9.17, 15) is 0 Å². The highest BCUT2D eigenvalue weighted by Crippen LogP contribution is 2.04. The number of nitrogens with two attached hydrogens (primary N) is 1. The first kappa shape index (κ1) is 4.89. The van der Waals surface area contributed by atoms with Crippen molar-refractivity contribution in [1.82, 2.24) is 10.1 Å². The van der Waals surface area contributed by atoms with Crippen molar-refractivity contribution < 1.29 is 9.26 Å². The maximum absolute atomic E-state index is 5.06. The maximum atomic E-state index is 5.06. The van der Waals surface area contributed by atoms with Gasteiger partial charge in [0.1, 0.15) is 0 Å². The first-order chi connectivity index (χ1) is 3.83. The third kappa shape index (κ3) is 0.699. The molecule has 5 nitrogen and oxygen atoms in total. The molecule has 0 unspecified atom stereocenters. The van der Waals surface area contributed by atoms with E-state index in [2.05, 4.69) is 19.4 Å². The summed E-state index contributed by atoms with van der Waals surface area (Å²) in [6.45, 7) is 0. The Kier molecular flexibility index (Phi) is 1.03. The number of rotatable bonds is 1. The number of nitrogen functional groups attached to an aromatic ring is 1. The normalized spacial score (nSPS) is 9.12. The molecule has 1 aromatic rings. The van der Waals surface area contributed by atoms with Gasteiger partial charge in [-0.3, -0.25) is 4.52 Å². The van der Waals surface area contributed by atoms with E-state index in [1.807, 2.05) is 0 Å². The predicted molar refractivity (Wildman–Crippen MR) is 25.3 cm³/mol. The average molecular weight is 115 g/mol. The van der Waals surface area contributed by atoms with Crippen molar-refractivity contribution in [3.05, 3.63) is 0 Å². The lowest BCUT2D eigenvalue weighted by atomic mass is 11.1. The van der Waals surface area contributed by atoms with Gasteiger partial charge < -0.3 is 10.5 Å². The first-order valence-corrected chi connectivity index (χ1v) is 1.96. The van der Waals surface area contributed by atoms with Crippen molar-refractivity contribution in [3.63, 3.8) is 0 Å². The number of aromatic nitrogens is 2. The highest BCUT2D eigenvalue weighted by molar-refractivity contribution is 5.11. The van der Waals surface area contributed by atoms with E-state index in [4.69, 9.17) is 5.73 Å². The summed E-state index contributed by atoms with van der Waals surface area (Å²) >= 11 is 0. The van der Waals surface area contributed by atoms with E-state index in [-0.39, 0.29) is 12.0 Å². The standard InChI is InChI=1S/C3H5N3O2/c1-7-3-5-2(4)6-8-3/h1H3,(H2,4,6). The van der Waals surface area contributed by atoms with Crippen LogP contribution < -0.4 is 10.5 Å². The van der Waals surface area contributed by atoms with Gasteiger partial charge in [0, 0.05) is 0 Å². The van der Waals surface area contributed by atoms with Gasteiger partial charge in [0.05, 0.1) is 7.11 Å². The van der Waals surface area contributed by atoms with Crippen LogP contribution in [-0.4, -0.2) is 17.3 Å². The van der Waals surface area contributed by atoms with E-state index in [1.54, 1.807) is 0 Å². The Morgan fingerprint density at radius 1 is 1.75 bits per heavy atom. The fraction of sp³-hybridized carbons (Fsp3) is 0.333. The minimum atomic E-state index is 0.0850. The van der Waals surface area contributed by atoms with Gasteiger partial charge in [0.2, 0.25) is 0 Å². The van der Waals surface area contributed by atoms with Crippen LogP contribution in [0.3, 0.4) is 0 Å². The first-order valence-electron chi connectivity index (χ1n) is 1.96. The lowest BCUT2D eigenvalue weighted by Crippen LogP contribution is -1.86. The van der Waals surface area contributed by atoms with Crippen LogP contribution in [0, 0.1) is 0 Å². The van der Waals surface area contributed by atoms with Crippen LogP contribution in [0.2, 0.25) is 0 Å². The SMILES string of the molecule is COc1nc(N)no1. The molecular formula is C3H5N3O2. The Morgan fingerprint density at radius 2 is 2.50 bits per heavy atom.